The fraction of sp³-hybridized carbons (Fsp3) is 0.917. The van der Waals surface area contributed by atoms with E-state index in [1.165, 1.54) is 0 Å². The third-order valence-electron chi connectivity index (χ3n) is 3.01. The molecule has 1 fully saturated rings. The molecular weight excluding hydrogens is 204 g/mol. The molecule has 0 aliphatic carbocycles. The molecule has 0 amide bonds. The normalized spacial score (nSPS) is 22.0. The third kappa shape index (κ3) is 4.10. The lowest BCUT2D eigenvalue weighted by Gasteiger charge is -2.39. The number of piperazine rings is 1. The maximum atomic E-state index is 10.9. The molecule has 1 heterocycles. The van der Waals surface area contributed by atoms with Crippen molar-refractivity contribution in [1.82, 2.24) is 9.80 Å². The highest BCUT2D eigenvalue weighted by atomic mass is 16.4. The zero-order valence-electron chi connectivity index (χ0n) is 10.9. The number of carbonyl (C=O) groups is 1. The molecule has 1 N–H and O–H groups in total. The summed E-state index contributed by atoms with van der Waals surface area (Å²) in [5.41, 5.74) is 0.320. The number of aliphatic carboxylic acids is 1. The van der Waals surface area contributed by atoms with Crippen molar-refractivity contribution in [2.24, 2.45) is 5.41 Å². The Bertz CT molecular complexity index is 240. The van der Waals surface area contributed by atoms with Crippen molar-refractivity contribution < 1.29 is 9.90 Å². The van der Waals surface area contributed by atoms with E-state index in [1.54, 1.807) is 6.92 Å². The van der Waals surface area contributed by atoms with E-state index in [-0.39, 0.29) is 6.04 Å². The first kappa shape index (κ1) is 13.5. The predicted molar refractivity (Wildman–Crippen MR) is 64.6 cm³/mol. The quantitative estimate of drug-likeness (QED) is 0.786. The molecule has 1 aliphatic heterocycles. The van der Waals surface area contributed by atoms with Crippen LogP contribution in [0.25, 0.3) is 0 Å². The van der Waals surface area contributed by atoms with Crippen LogP contribution in [0.5, 0.6) is 0 Å². The van der Waals surface area contributed by atoms with Crippen LogP contribution in [0.1, 0.15) is 27.7 Å². The largest absolute Gasteiger partial charge is 0.480 e. The lowest BCUT2D eigenvalue weighted by Crippen LogP contribution is -2.52. The minimum Gasteiger partial charge on any atom is -0.480 e. The molecule has 0 aromatic heterocycles. The van der Waals surface area contributed by atoms with Crippen molar-refractivity contribution in [3.05, 3.63) is 0 Å². The van der Waals surface area contributed by atoms with Crippen LogP contribution >= 0.6 is 0 Å². The smallest absolute Gasteiger partial charge is 0.320 e. The van der Waals surface area contributed by atoms with Gasteiger partial charge in [-0.15, -0.1) is 0 Å². The van der Waals surface area contributed by atoms with Gasteiger partial charge in [-0.2, -0.15) is 0 Å². The molecule has 0 saturated carbocycles. The topological polar surface area (TPSA) is 43.8 Å². The SMILES string of the molecule is CC(C(=O)O)N1CCN(CC(C)(C)C)CC1. The Labute approximate surface area is 98.2 Å². The van der Waals surface area contributed by atoms with Gasteiger partial charge in [0.25, 0.3) is 0 Å². The molecule has 1 saturated heterocycles. The van der Waals surface area contributed by atoms with Crippen molar-refractivity contribution in [3.8, 4) is 0 Å². The Morgan fingerprint density at radius 1 is 1.25 bits per heavy atom. The van der Waals surface area contributed by atoms with Gasteiger partial charge in [0.05, 0.1) is 0 Å². The van der Waals surface area contributed by atoms with Crippen molar-refractivity contribution in [2.45, 2.75) is 33.7 Å². The summed E-state index contributed by atoms with van der Waals surface area (Å²) >= 11 is 0. The van der Waals surface area contributed by atoms with Gasteiger partial charge in [-0.05, 0) is 12.3 Å². The molecule has 1 rings (SSSR count). The first-order chi connectivity index (χ1) is 7.29. The Morgan fingerprint density at radius 2 is 1.75 bits per heavy atom. The fourth-order valence-corrected chi connectivity index (χ4v) is 2.14. The average Bonchev–Trinajstić information content (AvgIpc) is 2.15. The molecule has 1 unspecified atom stereocenters. The summed E-state index contributed by atoms with van der Waals surface area (Å²) in [6.07, 6.45) is 0. The van der Waals surface area contributed by atoms with Crippen molar-refractivity contribution in [1.29, 1.82) is 0 Å². The van der Waals surface area contributed by atoms with E-state index in [2.05, 4.69) is 25.7 Å². The van der Waals surface area contributed by atoms with Crippen LogP contribution < -0.4 is 0 Å². The lowest BCUT2D eigenvalue weighted by molar-refractivity contribution is -0.143. The van der Waals surface area contributed by atoms with Crippen LogP contribution in [0.3, 0.4) is 0 Å². The van der Waals surface area contributed by atoms with Crippen LogP contribution in [0.15, 0.2) is 0 Å². The van der Waals surface area contributed by atoms with Gasteiger partial charge >= 0.3 is 5.97 Å². The van der Waals surface area contributed by atoms with Gasteiger partial charge < -0.3 is 10.0 Å². The van der Waals surface area contributed by atoms with E-state index >= 15 is 0 Å². The van der Waals surface area contributed by atoms with E-state index in [0.717, 1.165) is 32.7 Å². The second kappa shape index (κ2) is 5.15. The van der Waals surface area contributed by atoms with E-state index in [9.17, 15) is 4.79 Å². The summed E-state index contributed by atoms with van der Waals surface area (Å²) in [5, 5.41) is 8.93. The van der Waals surface area contributed by atoms with Crippen molar-refractivity contribution >= 4 is 5.97 Å². The standard InChI is InChI=1S/C12H24N2O2/c1-10(11(15)16)14-7-5-13(6-8-14)9-12(2,3)4/h10H,5-9H2,1-4H3,(H,15,16). The Balaban J connectivity index is 2.37. The van der Waals surface area contributed by atoms with Crippen molar-refractivity contribution in [3.63, 3.8) is 0 Å². The highest BCUT2D eigenvalue weighted by molar-refractivity contribution is 5.72. The molecular formula is C12H24N2O2. The Morgan fingerprint density at radius 3 is 2.12 bits per heavy atom. The van der Waals surface area contributed by atoms with Gasteiger partial charge in [-0.3, -0.25) is 9.69 Å². The zero-order valence-corrected chi connectivity index (χ0v) is 10.9. The number of nitrogens with zero attached hydrogens (tertiary/aromatic N) is 2. The molecule has 0 aromatic rings. The average molecular weight is 228 g/mol. The molecule has 0 spiro atoms. The molecule has 0 radical (unpaired) electrons. The molecule has 4 heteroatoms. The minimum atomic E-state index is -0.718. The second-order valence-electron chi connectivity index (χ2n) is 5.89. The van der Waals surface area contributed by atoms with E-state index in [1.807, 2.05) is 4.90 Å². The highest BCUT2D eigenvalue weighted by Gasteiger charge is 2.26. The van der Waals surface area contributed by atoms with Crippen LogP contribution in [0.4, 0.5) is 0 Å². The van der Waals surface area contributed by atoms with E-state index in [4.69, 9.17) is 5.11 Å². The number of hydrogen-bond donors (Lipinski definition) is 1. The molecule has 16 heavy (non-hydrogen) atoms. The van der Waals surface area contributed by atoms with Gasteiger partial charge in [0, 0.05) is 32.7 Å². The summed E-state index contributed by atoms with van der Waals surface area (Å²) < 4.78 is 0. The molecule has 0 aromatic carbocycles. The first-order valence-electron chi connectivity index (χ1n) is 5.99. The van der Waals surface area contributed by atoms with E-state index < -0.39 is 5.97 Å². The second-order valence-corrected chi connectivity index (χ2v) is 5.89. The minimum absolute atomic E-state index is 0.320. The molecule has 1 aliphatic rings. The molecule has 94 valence electrons. The summed E-state index contributed by atoms with van der Waals surface area (Å²) in [6, 6.07) is -0.350. The van der Waals surface area contributed by atoms with Crippen LogP contribution in [-0.4, -0.2) is 59.6 Å². The van der Waals surface area contributed by atoms with Crippen LogP contribution in [0, 0.1) is 5.41 Å². The first-order valence-corrected chi connectivity index (χ1v) is 5.99. The highest BCUT2D eigenvalue weighted by Crippen LogP contribution is 2.17. The molecule has 0 bridgehead atoms. The maximum Gasteiger partial charge on any atom is 0.320 e. The van der Waals surface area contributed by atoms with Gasteiger partial charge in [-0.1, -0.05) is 20.8 Å². The monoisotopic (exact) mass is 228 g/mol. The Kier molecular flexibility index (Phi) is 4.33. The lowest BCUT2D eigenvalue weighted by atomic mass is 9.96. The number of rotatable bonds is 3. The number of carboxylic acid groups (broad SMARTS) is 1. The van der Waals surface area contributed by atoms with Gasteiger partial charge in [0.1, 0.15) is 6.04 Å². The van der Waals surface area contributed by atoms with Gasteiger partial charge in [0.15, 0.2) is 0 Å². The molecule has 1 atom stereocenters. The zero-order chi connectivity index (χ0) is 12.3. The summed E-state index contributed by atoms with van der Waals surface area (Å²) in [4.78, 5) is 15.3. The summed E-state index contributed by atoms with van der Waals surface area (Å²) in [5.74, 6) is -0.718. The van der Waals surface area contributed by atoms with E-state index in [0.29, 0.717) is 5.41 Å². The maximum absolute atomic E-state index is 10.9. The third-order valence-corrected chi connectivity index (χ3v) is 3.01. The number of hydrogen-bond acceptors (Lipinski definition) is 3. The summed E-state index contributed by atoms with van der Waals surface area (Å²) in [7, 11) is 0. The summed E-state index contributed by atoms with van der Waals surface area (Å²) in [6.45, 7) is 13.2. The van der Waals surface area contributed by atoms with Crippen LogP contribution in [0.2, 0.25) is 0 Å². The predicted octanol–water partition coefficient (Wildman–Crippen LogP) is 1.12. The van der Waals surface area contributed by atoms with Crippen LogP contribution in [-0.2, 0) is 4.79 Å². The molecule has 4 nitrogen and oxygen atoms in total. The van der Waals surface area contributed by atoms with Crippen molar-refractivity contribution in [2.75, 3.05) is 32.7 Å². The van der Waals surface area contributed by atoms with Gasteiger partial charge in [0.2, 0.25) is 0 Å². The fourth-order valence-electron chi connectivity index (χ4n) is 2.14. The van der Waals surface area contributed by atoms with Gasteiger partial charge in [-0.25, -0.2) is 0 Å². The number of carboxylic acids is 1. The Hall–Kier alpha value is -0.610.